The minimum Gasteiger partial charge on any atom is -0.457 e. The van der Waals surface area contributed by atoms with Crippen molar-refractivity contribution in [2.75, 3.05) is 0 Å². The van der Waals surface area contributed by atoms with Crippen LogP contribution in [0.3, 0.4) is 0 Å². The van der Waals surface area contributed by atoms with Crippen LogP contribution in [-0.2, 0) is 9.53 Å². The van der Waals surface area contributed by atoms with Gasteiger partial charge in [0.1, 0.15) is 17.6 Å². The molecule has 0 aromatic heterocycles. The summed E-state index contributed by atoms with van der Waals surface area (Å²) in [7, 11) is 0. The standard InChI is InChI=1S/C22H19F2NO3/c1-22(2)17(12-19(23)24)20(22)21(26)28-18(13-25)14-7-6-10-16(11-14)27-15-8-4-3-5-9-15/h3-12,17-18,20H,1-2H3/t17-,18+,20-/m0/s1. The largest absolute Gasteiger partial charge is 0.457 e. The van der Waals surface area contributed by atoms with Gasteiger partial charge in [-0.05, 0) is 35.8 Å². The predicted molar refractivity (Wildman–Crippen MR) is 98.5 cm³/mol. The van der Waals surface area contributed by atoms with Crippen LogP contribution in [0.15, 0.2) is 66.8 Å². The number of hydrogen-bond donors (Lipinski definition) is 0. The van der Waals surface area contributed by atoms with E-state index in [9.17, 15) is 18.8 Å². The highest BCUT2D eigenvalue weighted by molar-refractivity contribution is 5.78. The minimum atomic E-state index is -1.82. The van der Waals surface area contributed by atoms with E-state index in [1.807, 2.05) is 24.3 Å². The van der Waals surface area contributed by atoms with Crippen molar-refractivity contribution in [1.82, 2.24) is 0 Å². The highest BCUT2D eigenvalue weighted by Crippen LogP contribution is 2.60. The second kappa shape index (κ2) is 7.81. The Morgan fingerprint density at radius 3 is 2.46 bits per heavy atom. The Bertz CT molecular complexity index is 930. The van der Waals surface area contributed by atoms with E-state index in [-0.39, 0.29) is 0 Å². The smallest absolute Gasteiger partial charge is 0.311 e. The average Bonchev–Trinajstić information content (AvgIpc) is 3.20. The van der Waals surface area contributed by atoms with Gasteiger partial charge in [0.2, 0.25) is 6.10 Å². The molecule has 0 amide bonds. The van der Waals surface area contributed by atoms with E-state index in [4.69, 9.17) is 9.47 Å². The monoisotopic (exact) mass is 383 g/mol. The second-order valence-corrected chi connectivity index (χ2v) is 7.21. The topological polar surface area (TPSA) is 59.3 Å². The molecule has 3 atom stereocenters. The third-order valence-corrected chi connectivity index (χ3v) is 4.96. The van der Waals surface area contributed by atoms with Gasteiger partial charge in [0.25, 0.3) is 6.08 Å². The van der Waals surface area contributed by atoms with Crippen LogP contribution in [-0.4, -0.2) is 5.97 Å². The normalized spacial score (nSPS) is 20.4. The maximum Gasteiger partial charge on any atom is 0.311 e. The number of carbonyl (C=O) groups is 1. The van der Waals surface area contributed by atoms with Crippen LogP contribution in [0, 0.1) is 28.6 Å². The molecule has 2 aromatic carbocycles. The van der Waals surface area contributed by atoms with Crippen LogP contribution in [0.25, 0.3) is 0 Å². The first-order valence-corrected chi connectivity index (χ1v) is 8.78. The molecular formula is C22H19F2NO3. The number of ether oxygens (including phenoxy) is 2. The molecule has 0 N–H and O–H groups in total. The van der Waals surface area contributed by atoms with Crippen LogP contribution in [0.4, 0.5) is 8.78 Å². The Morgan fingerprint density at radius 2 is 1.82 bits per heavy atom. The highest BCUT2D eigenvalue weighted by atomic mass is 19.3. The van der Waals surface area contributed by atoms with Crippen molar-refractivity contribution >= 4 is 5.97 Å². The zero-order valence-corrected chi connectivity index (χ0v) is 15.4. The van der Waals surface area contributed by atoms with Gasteiger partial charge in [0.05, 0.1) is 5.92 Å². The average molecular weight is 383 g/mol. The molecule has 3 rings (SSSR count). The molecule has 0 saturated heterocycles. The molecular weight excluding hydrogens is 364 g/mol. The fourth-order valence-electron chi connectivity index (χ4n) is 3.30. The number of para-hydroxylation sites is 1. The van der Waals surface area contributed by atoms with Crippen molar-refractivity contribution in [3.05, 3.63) is 72.3 Å². The van der Waals surface area contributed by atoms with E-state index in [0.717, 1.165) is 6.08 Å². The number of rotatable bonds is 6. The van der Waals surface area contributed by atoms with Crippen LogP contribution < -0.4 is 4.74 Å². The molecule has 2 aromatic rings. The van der Waals surface area contributed by atoms with E-state index >= 15 is 0 Å². The van der Waals surface area contributed by atoms with Gasteiger partial charge >= 0.3 is 5.97 Å². The molecule has 1 aliphatic carbocycles. The number of esters is 1. The van der Waals surface area contributed by atoms with E-state index in [1.54, 1.807) is 50.2 Å². The van der Waals surface area contributed by atoms with Gasteiger partial charge in [-0.2, -0.15) is 14.0 Å². The first kappa shape index (κ1) is 19.6. The summed E-state index contributed by atoms with van der Waals surface area (Å²) in [6.45, 7) is 3.44. The van der Waals surface area contributed by atoms with E-state index < -0.39 is 35.4 Å². The number of nitriles is 1. The Morgan fingerprint density at radius 1 is 1.14 bits per heavy atom. The number of nitrogens with zero attached hydrogens (tertiary/aromatic N) is 1. The minimum absolute atomic E-state index is 0.450. The number of hydrogen-bond acceptors (Lipinski definition) is 4. The second-order valence-electron chi connectivity index (χ2n) is 7.21. The van der Waals surface area contributed by atoms with Crippen LogP contribution in [0.1, 0.15) is 25.5 Å². The number of carbonyl (C=O) groups excluding carboxylic acids is 1. The first-order chi connectivity index (χ1) is 13.3. The van der Waals surface area contributed by atoms with Gasteiger partial charge in [-0.1, -0.05) is 44.2 Å². The lowest BCUT2D eigenvalue weighted by Gasteiger charge is -2.13. The summed E-state index contributed by atoms with van der Waals surface area (Å²) < 4.78 is 36.2. The molecule has 0 aliphatic heterocycles. The van der Waals surface area contributed by atoms with Crippen molar-refractivity contribution in [3.8, 4) is 17.6 Å². The van der Waals surface area contributed by atoms with Crippen LogP contribution in [0.2, 0.25) is 0 Å². The fraction of sp³-hybridized carbons (Fsp3) is 0.273. The van der Waals surface area contributed by atoms with Gasteiger partial charge in [0, 0.05) is 11.5 Å². The van der Waals surface area contributed by atoms with Crippen molar-refractivity contribution in [1.29, 1.82) is 5.26 Å². The van der Waals surface area contributed by atoms with Crippen molar-refractivity contribution in [2.45, 2.75) is 20.0 Å². The van der Waals surface area contributed by atoms with Crippen molar-refractivity contribution in [3.63, 3.8) is 0 Å². The van der Waals surface area contributed by atoms with Crippen LogP contribution in [0.5, 0.6) is 11.5 Å². The molecule has 0 spiro atoms. The summed E-state index contributed by atoms with van der Waals surface area (Å²) in [5, 5.41) is 9.45. The number of halogens is 2. The molecule has 0 radical (unpaired) electrons. The summed E-state index contributed by atoms with van der Waals surface area (Å²) in [6, 6.07) is 17.7. The summed E-state index contributed by atoms with van der Waals surface area (Å²) >= 11 is 0. The Kier molecular flexibility index (Phi) is 5.46. The molecule has 4 nitrogen and oxygen atoms in total. The molecule has 0 unspecified atom stereocenters. The lowest BCUT2D eigenvalue weighted by atomic mass is 10.1. The lowest BCUT2D eigenvalue weighted by molar-refractivity contribution is -0.149. The van der Waals surface area contributed by atoms with Crippen molar-refractivity contribution < 1.29 is 23.0 Å². The van der Waals surface area contributed by atoms with Gasteiger partial charge < -0.3 is 9.47 Å². The predicted octanol–water partition coefficient (Wildman–Crippen LogP) is 5.64. The molecule has 1 fully saturated rings. The third-order valence-electron chi connectivity index (χ3n) is 4.96. The Balaban J connectivity index is 1.72. The Hall–Kier alpha value is -3.20. The highest BCUT2D eigenvalue weighted by Gasteiger charge is 2.62. The maximum atomic E-state index is 12.6. The van der Waals surface area contributed by atoms with Gasteiger partial charge in [-0.15, -0.1) is 0 Å². The lowest BCUT2D eigenvalue weighted by Crippen LogP contribution is -2.14. The molecule has 1 saturated carbocycles. The summed E-state index contributed by atoms with van der Waals surface area (Å²) in [5.74, 6) is -0.834. The molecule has 144 valence electrons. The maximum absolute atomic E-state index is 12.6. The van der Waals surface area contributed by atoms with Crippen LogP contribution >= 0.6 is 0 Å². The summed E-state index contributed by atoms with van der Waals surface area (Å²) in [6.07, 6.45) is -2.19. The third kappa shape index (κ3) is 4.20. The van der Waals surface area contributed by atoms with Gasteiger partial charge in [-0.25, -0.2) is 0 Å². The zero-order chi connectivity index (χ0) is 20.3. The molecule has 6 heteroatoms. The molecule has 28 heavy (non-hydrogen) atoms. The van der Waals surface area contributed by atoms with E-state index in [1.165, 1.54) is 0 Å². The Labute approximate surface area is 162 Å². The van der Waals surface area contributed by atoms with E-state index in [2.05, 4.69) is 0 Å². The van der Waals surface area contributed by atoms with Gasteiger partial charge in [0.15, 0.2) is 0 Å². The van der Waals surface area contributed by atoms with Gasteiger partial charge in [-0.3, -0.25) is 4.79 Å². The molecule has 0 heterocycles. The first-order valence-electron chi connectivity index (χ1n) is 8.78. The zero-order valence-electron chi connectivity index (χ0n) is 15.4. The van der Waals surface area contributed by atoms with Crippen molar-refractivity contribution in [2.24, 2.45) is 17.3 Å². The molecule has 0 bridgehead atoms. The summed E-state index contributed by atoms with van der Waals surface area (Å²) in [5.41, 5.74) is -0.176. The van der Waals surface area contributed by atoms with E-state index in [0.29, 0.717) is 17.1 Å². The molecule has 1 aliphatic rings. The fourth-order valence-corrected chi connectivity index (χ4v) is 3.30. The quantitative estimate of drug-likeness (QED) is 0.606. The number of benzene rings is 2. The SMILES string of the molecule is CC1(C)[C@H](C(=O)O[C@H](C#N)c2cccc(Oc3ccccc3)c2)[C@@H]1C=C(F)F. The number of allylic oxidation sites excluding steroid dienone is 1. The summed E-state index contributed by atoms with van der Waals surface area (Å²) in [4.78, 5) is 12.5.